The number of rotatable bonds is 17. The van der Waals surface area contributed by atoms with Gasteiger partial charge in [0.15, 0.2) is 0 Å². The number of amides is 1. The number of quaternary nitrogens is 1. The number of nitrogens with zero attached hydrogens (tertiary/aromatic N) is 1. The van der Waals surface area contributed by atoms with Crippen LogP contribution in [0.1, 0.15) is 96.8 Å². The van der Waals surface area contributed by atoms with Crippen molar-refractivity contribution in [2.45, 2.75) is 96.8 Å². The molecule has 0 bridgehead atoms. The summed E-state index contributed by atoms with van der Waals surface area (Å²) in [5.74, 6) is -0.234. The maximum atomic E-state index is 11.7. The Bertz CT molecular complexity index is 283. The molecule has 1 amide bonds. The van der Waals surface area contributed by atoms with Crippen molar-refractivity contribution < 1.29 is 10.3 Å². The Morgan fingerprint density at radius 1 is 0.833 bits per heavy atom. The van der Waals surface area contributed by atoms with Crippen molar-refractivity contribution in [1.82, 2.24) is 4.90 Å². The van der Waals surface area contributed by atoms with Gasteiger partial charge >= 0.3 is 5.91 Å². The molecule has 4 heteroatoms. The number of carbonyl (C=O) groups is 1. The van der Waals surface area contributed by atoms with E-state index in [0.29, 0.717) is 5.48 Å². The predicted molar refractivity (Wildman–Crippen MR) is 103 cm³/mol. The van der Waals surface area contributed by atoms with Crippen LogP contribution in [0.3, 0.4) is 0 Å². The molecule has 1 unspecified atom stereocenters. The fraction of sp³-hybridized carbons (Fsp3) is 0.950. The van der Waals surface area contributed by atoms with Crippen LogP contribution in [0.25, 0.3) is 0 Å². The van der Waals surface area contributed by atoms with Gasteiger partial charge in [-0.25, -0.2) is 4.79 Å². The van der Waals surface area contributed by atoms with E-state index in [-0.39, 0.29) is 11.8 Å². The topological polar surface area (TPSA) is 60.0 Å². The average Bonchev–Trinajstić information content (AvgIpc) is 2.57. The second kappa shape index (κ2) is 17.4. The zero-order valence-electron chi connectivity index (χ0n) is 16.5. The number of hydrogen-bond donors (Lipinski definition) is 1. The van der Waals surface area contributed by atoms with Crippen LogP contribution in [0.2, 0.25) is 0 Å². The summed E-state index contributed by atoms with van der Waals surface area (Å²) in [6, 6.07) is 0. The van der Waals surface area contributed by atoms with E-state index in [1.807, 2.05) is 14.1 Å². The minimum atomic E-state index is -0.194. The van der Waals surface area contributed by atoms with Crippen molar-refractivity contribution in [2.75, 3.05) is 20.6 Å². The number of unbranched alkanes of at least 4 members (excludes halogenated alkanes) is 10. The van der Waals surface area contributed by atoms with Crippen LogP contribution in [0.15, 0.2) is 0 Å². The molecule has 144 valence electrons. The summed E-state index contributed by atoms with van der Waals surface area (Å²) in [6.07, 6.45) is 17.2. The monoisotopic (exact) mass is 342 g/mol. The lowest BCUT2D eigenvalue weighted by Crippen LogP contribution is -2.83. The van der Waals surface area contributed by atoms with Gasteiger partial charge < -0.3 is 15.6 Å². The summed E-state index contributed by atoms with van der Waals surface area (Å²) < 4.78 is 0. The molecule has 4 nitrogen and oxygen atoms in total. The van der Waals surface area contributed by atoms with E-state index in [1.54, 1.807) is 0 Å². The summed E-state index contributed by atoms with van der Waals surface area (Å²) in [7, 11) is 4.08. The summed E-state index contributed by atoms with van der Waals surface area (Å²) in [5.41, 5.74) is 0.527. The van der Waals surface area contributed by atoms with E-state index in [0.717, 1.165) is 32.2 Å². The number of hydroxylamine groups is 1. The zero-order chi connectivity index (χ0) is 18.0. The second-order valence-electron chi connectivity index (χ2n) is 7.49. The van der Waals surface area contributed by atoms with Crippen LogP contribution >= 0.6 is 0 Å². The van der Waals surface area contributed by atoms with Crippen LogP contribution in [0.5, 0.6) is 0 Å². The molecule has 0 aromatic heterocycles. The molecule has 0 rings (SSSR count). The third-order valence-electron chi connectivity index (χ3n) is 4.83. The first-order valence-corrected chi connectivity index (χ1v) is 10.3. The van der Waals surface area contributed by atoms with Gasteiger partial charge in [0.25, 0.3) is 0 Å². The Morgan fingerprint density at radius 2 is 1.29 bits per heavy atom. The normalized spacial score (nSPS) is 12.7. The van der Waals surface area contributed by atoms with E-state index in [2.05, 4.69) is 11.8 Å². The summed E-state index contributed by atoms with van der Waals surface area (Å²) in [4.78, 5) is 13.8. The minimum absolute atomic E-state index is 0.0407. The molecular weight excluding hydrogens is 300 g/mol. The van der Waals surface area contributed by atoms with Gasteiger partial charge in [-0.3, -0.25) is 0 Å². The highest BCUT2D eigenvalue weighted by molar-refractivity contribution is 5.68. The molecule has 0 heterocycles. The first-order chi connectivity index (χ1) is 11.6. The molecule has 0 radical (unpaired) electrons. The van der Waals surface area contributed by atoms with E-state index in [4.69, 9.17) is 0 Å². The largest absolute Gasteiger partial charge is 0.628 e. The van der Waals surface area contributed by atoms with Gasteiger partial charge in [-0.05, 0) is 39.9 Å². The summed E-state index contributed by atoms with van der Waals surface area (Å²) in [6.45, 7) is 3.25. The predicted octanol–water partition coefficient (Wildman–Crippen LogP) is 4.23. The molecule has 0 saturated carbocycles. The molecule has 0 aromatic rings. The van der Waals surface area contributed by atoms with E-state index in [1.165, 1.54) is 64.2 Å². The van der Waals surface area contributed by atoms with Crippen molar-refractivity contribution in [3.8, 4) is 0 Å². The Hall–Kier alpha value is -0.450. The van der Waals surface area contributed by atoms with E-state index in [9.17, 15) is 10.0 Å². The molecule has 0 fully saturated rings. The fourth-order valence-electron chi connectivity index (χ4n) is 3.23. The highest BCUT2D eigenvalue weighted by atomic mass is 16.5. The van der Waals surface area contributed by atoms with E-state index >= 15 is 0 Å². The molecule has 0 spiro atoms. The molecule has 0 aliphatic heterocycles. The lowest BCUT2D eigenvalue weighted by atomic mass is 9.95. The molecule has 0 aliphatic rings. The SMILES string of the molecule is CCCCCCCCCCCCCC(CCCN(C)C)C(=O)[NH2+][O-]. The summed E-state index contributed by atoms with van der Waals surface area (Å²) >= 11 is 0. The van der Waals surface area contributed by atoms with Crippen molar-refractivity contribution >= 4 is 5.91 Å². The fourth-order valence-corrected chi connectivity index (χ4v) is 3.23. The van der Waals surface area contributed by atoms with Gasteiger partial charge in [0.05, 0.1) is 5.92 Å². The lowest BCUT2D eigenvalue weighted by molar-refractivity contribution is -0.504. The Kier molecular flexibility index (Phi) is 17.0. The van der Waals surface area contributed by atoms with Gasteiger partial charge in [-0.1, -0.05) is 77.6 Å². The standard InChI is InChI=1S/C20H42N2O2/c1-4-5-6-7-8-9-10-11-12-13-14-16-19(20(23)21-24)17-15-18-22(2)3/h19H,4-18,21H2,1-3H3. The third kappa shape index (κ3) is 15.1. The molecule has 1 atom stereocenters. The average molecular weight is 343 g/mol. The number of primary amides is 1. The smallest absolute Gasteiger partial charge is 0.313 e. The zero-order valence-corrected chi connectivity index (χ0v) is 16.5. The van der Waals surface area contributed by atoms with Gasteiger partial charge in [-0.15, -0.1) is 0 Å². The van der Waals surface area contributed by atoms with Gasteiger partial charge in [-0.2, -0.15) is 0 Å². The van der Waals surface area contributed by atoms with Crippen LogP contribution in [-0.4, -0.2) is 31.4 Å². The number of nitrogens with two attached hydrogens (primary N) is 1. The Labute approximate surface area is 150 Å². The summed E-state index contributed by atoms with van der Waals surface area (Å²) in [5, 5.41) is 10.8. The molecule has 0 saturated heterocycles. The van der Waals surface area contributed by atoms with Gasteiger partial charge in [0.1, 0.15) is 0 Å². The first kappa shape index (κ1) is 23.5. The minimum Gasteiger partial charge on any atom is -0.628 e. The Balaban J connectivity index is 3.56. The van der Waals surface area contributed by atoms with Gasteiger partial charge in [0, 0.05) is 0 Å². The number of hydrogen-bond acceptors (Lipinski definition) is 3. The molecule has 24 heavy (non-hydrogen) atoms. The van der Waals surface area contributed by atoms with Crippen molar-refractivity contribution in [3.05, 3.63) is 5.21 Å². The second-order valence-corrected chi connectivity index (χ2v) is 7.49. The molecule has 0 aliphatic carbocycles. The van der Waals surface area contributed by atoms with Crippen LogP contribution in [0, 0.1) is 11.1 Å². The Morgan fingerprint density at radius 3 is 1.75 bits per heavy atom. The highest BCUT2D eigenvalue weighted by Crippen LogP contribution is 2.17. The van der Waals surface area contributed by atoms with Crippen molar-refractivity contribution in [2.24, 2.45) is 5.92 Å². The van der Waals surface area contributed by atoms with Crippen LogP contribution in [-0.2, 0) is 4.79 Å². The highest BCUT2D eigenvalue weighted by Gasteiger charge is 2.19. The molecular formula is C20H42N2O2. The van der Waals surface area contributed by atoms with Crippen molar-refractivity contribution in [1.29, 1.82) is 0 Å². The first-order valence-electron chi connectivity index (χ1n) is 10.3. The lowest BCUT2D eigenvalue weighted by Gasteiger charge is -2.16. The quantitative estimate of drug-likeness (QED) is 0.318. The molecule has 0 aromatic carbocycles. The van der Waals surface area contributed by atoms with Gasteiger partial charge in [0.2, 0.25) is 0 Å². The number of carbonyl (C=O) groups excluding carboxylic acids is 1. The molecule has 2 N–H and O–H groups in total. The van der Waals surface area contributed by atoms with Crippen LogP contribution in [0.4, 0.5) is 0 Å². The van der Waals surface area contributed by atoms with E-state index < -0.39 is 0 Å². The maximum absolute atomic E-state index is 11.7. The van der Waals surface area contributed by atoms with Crippen LogP contribution < -0.4 is 5.48 Å². The van der Waals surface area contributed by atoms with Crippen molar-refractivity contribution in [3.63, 3.8) is 0 Å². The third-order valence-corrected chi connectivity index (χ3v) is 4.83. The maximum Gasteiger partial charge on any atom is 0.313 e.